The molecule has 0 bridgehead atoms. The lowest BCUT2D eigenvalue weighted by atomic mass is 10.1. The summed E-state index contributed by atoms with van der Waals surface area (Å²) in [5, 5.41) is 25.5. The predicted octanol–water partition coefficient (Wildman–Crippen LogP) is 7.68. The van der Waals surface area contributed by atoms with E-state index in [9.17, 15) is 0 Å². The normalized spacial score (nSPS) is 11.6. The van der Waals surface area contributed by atoms with E-state index in [1.54, 1.807) is 36.4 Å². The number of rotatable bonds is 6. The molecule has 0 radical (unpaired) electrons. The number of hydrogen-bond donors (Lipinski definition) is 3. The molecule has 0 aliphatic heterocycles. The third kappa shape index (κ3) is 5.05. The van der Waals surface area contributed by atoms with Crippen LogP contribution in [0.25, 0.3) is 0 Å². The van der Waals surface area contributed by atoms with Gasteiger partial charge in [-0.15, -0.1) is 15.3 Å². The number of nitrogens with zero attached hydrogens (tertiary/aromatic N) is 6. The summed E-state index contributed by atoms with van der Waals surface area (Å²) >= 11 is 0. The van der Waals surface area contributed by atoms with Crippen LogP contribution in [0.15, 0.2) is 122 Å². The summed E-state index contributed by atoms with van der Waals surface area (Å²) in [5.41, 5.74) is 21.9. The van der Waals surface area contributed by atoms with Gasteiger partial charge in [0.1, 0.15) is 17.1 Å². The number of hydrogen-bond acceptors (Lipinski definition) is 9. The summed E-state index contributed by atoms with van der Waals surface area (Å²) in [4.78, 5) is 0. The highest BCUT2D eigenvalue weighted by molar-refractivity contribution is 6.01. The molecule has 6 N–H and O–H groups in total. The van der Waals surface area contributed by atoms with Gasteiger partial charge in [-0.2, -0.15) is 15.3 Å². The van der Waals surface area contributed by atoms with Crippen LogP contribution in [-0.4, -0.2) is 0 Å². The van der Waals surface area contributed by atoms with E-state index in [0.29, 0.717) is 17.1 Å². The van der Waals surface area contributed by atoms with Gasteiger partial charge in [0.25, 0.3) is 0 Å². The number of benzene rings is 4. The molecule has 0 amide bonds. The summed E-state index contributed by atoms with van der Waals surface area (Å²) in [7, 11) is 0. The number of azo groups is 3. The average molecular weight is 435 g/mol. The van der Waals surface area contributed by atoms with E-state index in [4.69, 9.17) is 17.2 Å². The average Bonchev–Trinajstić information content (AvgIpc) is 2.86. The lowest BCUT2D eigenvalue weighted by molar-refractivity contribution is 1.19. The fraction of sp³-hybridized carbons (Fsp3) is 0. The fourth-order valence-corrected chi connectivity index (χ4v) is 2.90. The molecule has 0 fully saturated rings. The molecule has 0 aliphatic rings. The van der Waals surface area contributed by atoms with E-state index in [1.807, 2.05) is 54.6 Å². The van der Waals surface area contributed by atoms with Crippen LogP contribution < -0.4 is 17.2 Å². The van der Waals surface area contributed by atoms with Crippen molar-refractivity contribution < 1.29 is 0 Å². The Bertz CT molecular complexity index is 1130. The van der Waals surface area contributed by atoms with Crippen molar-refractivity contribution in [2.24, 2.45) is 30.7 Å². The Morgan fingerprint density at radius 3 is 0.818 bits per heavy atom. The Balaban J connectivity index is 1.83. The first-order valence-electron chi connectivity index (χ1n) is 10.0. The first-order chi connectivity index (χ1) is 16.1. The molecule has 0 aliphatic carbocycles. The van der Waals surface area contributed by atoms with Gasteiger partial charge in [-0.1, -0.05) is 54.6 Å². The van der Waals surface area contributed by atoms with Crippen LogP contribution in [0.5, 0.6) is 0 Å². The second kappa shape index (κ2) is 9.92. The van der Waals surface area contributed by atoms with Gasteiger partial charge < -0.3 is 17.2 Å². The van der Waals surface area contributed by atoms with E-state index >= 15 is 0 Å². The summed E-state index contributed by atoms with van der Waals surface area (Å²) < 4.78 is 0. The van der Waals surface area contributed by atoms with E-state index in [-0.39, 0.29) is 34.1 Å². The summed E-state index contributed by atoms with van der Waals surface area (Å²) in [6.07, 6.45) is 0. The molecule has 4 aromatic carbocycles. The van der Waals surface area contributed by atoms with Crippen LogP contribution in [0.1, 0.15) is 0 Å². The molecule has 0 unspecified atom stereocenters. The van der Waals surface area contributed by atoms with Crippen molar-refractivity contribution in [2.45, 2.75) is 0 Å². The zero-order chi connectivity index (χ0) is 23.0. The monoisotopic (exact) mass is 435 g/mol. The summed E-state index contributed by atoms with van der Waals surface area (Å²) in [6.45, 7) is 0. The largest absolute Gasteiger partial charge is 0.395 e. The predicted molar refractivity (Wildman–Crippen MR) is 132 cm³/mol. The molecule has 0 aromatic heterocycles. The lowest BCUT2D eigenvalue weighted by Crippen LogP contribution is -1.98. The summed E-state index contributed by atoms with van der Waals surface area (Å²) in [6, 6.07) is 27.6. The van der Waals surface area contributed by atoms with E-state index in [1.165, 1.54) is 0 Å². The minimum absolute atomic E-state index is 0.142. The van der Waals surface area contributed by atoms with Gasteiger partial charge in [0.05, 0.1) is 34.1 Å². The first kappa shape index (κ1) is 21.3. The van der Waals surface area contributed by atoms with Crippen molar-refractivity contribution in [3.8, 4) is 0 Å². The quantitative estimate of drug-likeness (QED) is 0.210. The molecule has 4 rings (SSSR count). The Kier molecular flexibility index (Phi) is 6.41. The zero-order valence-corrected chi connectivity index (χ0v) is 17.6. The maximum absolute atomic E-state index is 6.35. The van der Waals surface area contributed by atoms with Crippen LogP contribution in [0.4, 0.5) is 51.2 Å². The van der Waals surface area contributed by atoms with Gasteiger partial charge in [-0.05, 0) is 36.4 Å². The number of anilines is 3. The van der Waals surface area contributed by atoms with Crippen molar-refractivity contribution in [3.63, 3.8) is 0 Å². The Hall–Kier alpha value is -4.92. The lowest BCUT2D eigenvalue weighted by Gasteiger charge is -2.12. The molecule has 162 valence electrons. The smallest absolute Gasteiger partial charge is 0.136 e. The zero-order valence-electron chi connectivity index (χ0n) is 17.6. The third-order valence-electron chi connectivity index (χ3n) is 4.60. The minimum Gasteiger partial charge on any atom is -0.395 e. The topological polar surface area (TPSA) is 152 Å². The van der Waals surface area contributed by atoms with Gasteiger partial charge in [-0.25, -0.2) is 0 Å². The fourth-order valence-electron chi connectivity index (χ4n) is 2.90. The Morgan fingerprint density at radius 2 is 0.576 bits per heavy atom. The molecule has 0 saturated heterocycles. The molecule has 9 heteroatoms. The van der Waals surface area contributed by atoms with Crippen molar-refractivity contribution >= 4 is 51.2 Å². The van der Waals surface area contributed by atoms with Gasteiger partial charge >= 0.3 is 0 Å². The van der Waals surface area contributed by atoms with E-state index in [0.717, 1.165) is 0 Å². The van der Waals surface area contributed by atoms with Crippen molar-refractivity contribution in [1.29, 1.82) is 0 Å². The second-order valence-electron chi connectivity index (χ2n) is 6.89. The Morgan fingerprint density at radius 1 is 0.333 bits per heavy atom. The summed E-state index contributed by atoms with van der Waals surface area (Å²) in [5.74, 6) is 0. The molecule has 0 atom stereocenters. The third-order valence-corrected chi connectivity index (χ3v) is 4.60. The van der Waals surface area contributed by atoms with Crippen molar-refractivity contribution in [2.75, 3.05) is 17.2 Å². The highest BCUT2D eigenvalue weighted by Gasteiger charge is 2.20. The molecule has 9 nitrogen and oxygen atoms in total. The van der Waals surface area contributed by atoms with Crippen LogP contribution in [0.2, 0.25) is 0 Å². The molecule has 4 aromatic rings. The Labute approximate surface area is 190 Å². The van der Waals surface area contributed by atoms with Crippen molar-refractivity contribution in [3.05, 3.63) is 91.0 Å². The van der Waals surface area contributed by atoms with Gasteiger partial charge in [0, 0.05) is 0 Å². The van der Waals surface area contributed by atoms with Gasteiger partial charge in [-0.3, -0.25) is 0 Å². The molecule has 33 heavy (non-hydrogen) atoms. The van der Waals surface area contributed by atoms with Crippen LogP contribution >= 0.6 is 0 Å². The maximum atomic E-state index is 6.35. The molecule has 0 spiro atoms. The van der Waals surface area contributed by atoms with E-state index < -0.39 is 0 Å². The van der Waals surface area contributed by atoms with E-state index in [2.05, 4.69) is 30.7 Å². The maximum Gasteiger partial charge on any atom is 0.136 e. The first-order valence-corrected chi connectivity index (χ1v) is 10.0. The highest BCUT2D eigenvalue weighted by Crippen LogP contribution is 2.50. The standard InChI is InChI=1S/C24H21N9/c25-19-22(31-28-16-10-4-1-5-11-16)20(26)24(33-30-18-14-8-3-9-15-18)21(27)23(19)32-29-17-12-6-2-7-13-17/h1-15H,25-27H2. The number of nitrogen functional groups attached to an aromatic ring is 3. The highest BCUT2D eigenvalue weighted by atomic mass is 15.2. The second-order valence-corrected chi connectivity index (χ2v) is 6.89. The number of nitrogens with two attached hydrogens (primary N) is 3. The van der Waals surface area contributed by atoms with Crippen LogP contribution in [0, 0.1) is 0 Å². The molecular weight excluding hydrogens is 414 g/mol. The van der Waals surface area contributed by atoms with Crippen LogP contribution in [-0.2, 0) is 0 Å². The molecular formula is C24H21N9. The van der Waals surface area contributed by atoms with Crippen LogP contribution in [0.3, 0.4) is 0 Å². The van der Waals surface area contributed by atoms with Gasteiger partial charge in [0.15, 0.2) is 0 Å². The SMILES string of the molecule is Nc1c(N=Nc2ccccc2)c(N)c(N=Nc2ccccc2)c(N)c1N=Nc1ccccc1. The molecule has 0 saturated carbocycles. The minimum atomic E-state index is 0.142. The van der Waals surface area contributed by atoms with Gasteiger partial charge in [0.2, 0.25) is 0 Å². The molecule has 0 heterocycles. The van der Waals surface area contributed by atoms with Crippen molar-refractivity contribution in [1.82, 2.24) is 0 Å².